The third-order valence-corrected chi connectivity index (χ3v) is 5.50. The van der Waals surface area contributed by atoms with Crippen molar-refractivity contribution < 1.29 is 17.9 Å². The number of nitrogens with zero attached hydrogens (tertiary/aromatic N) is 2. The van der Waals surface area contributed by atoms with Gasteiger partial charge in [0.05, 0.1) is 24.8 Å². The van der Waals surface area contributed by atoms with Crippen molar-refractivity contribution >= 4 is 21.5 Å². The maximum Gasteiger partial charge on any atom is 0.240 e. The highest BCUT2D eigenvalue weighted by molar-refractivity contribution is 7.89. The first kappa shape index (κ1) is 20.7. The Hall–Kier alpha value is -2.58. The molecule has 1 N–H and O–H groups in total. The first-order valence-corrected chi connectivity index (χ1v) is 9.88. The molecule has 146 valence electrons. The van der Waals surface area contributed by atoms with Crippen molar-refractivity contribution in [3.05, 3.63) is 48.5 Å². The van der Waals surface area contributed by atoms with E-state index in [-0.39, 0.29) is 11.4 Å². The van der Waals surface area contributed by atoms with Gasteiger partial charge in [0, 0.05) is 20.1 Å². The molecule has 8 heteroatoms. The van der Waals surface area contributed by atoms with Crippen molar-refractivity contribution in [2.75, 3.05) is 34.4 Å². The van der Waals surface area contributed by atoms with E-state index in [1.165, 1.54) is 19.2 Å². The van der Waals surface area contributed by atoms with Gasteiger partial charge in [-0.3, -0.25) is 0 Å². The Balaban J connectivity index is 1.91. The minimum Gasteiger partial charge on any atom is -0.497 e. The van der Waals surface area contributed by atoms with Crippen molar-refractivity contribution in [1.29, 1.82) is 0 Å². The minimum absolute atomic E-state index is 0.203. The summed E-state index contributed by atoms with van der Waals surface area (Å²) < 4.78 is 37.4. The topological polar surface area (TPSA) is 80.2 Å². The van der Waals surface area contributed by atoms with E-state index in [1.54, 1.807) is 19.2 Å². The van der Waals surface area contributed by atoms with Gasteiger partial charge < -0.3 is 14.4 Å². The van der Waals surface area contributed by atoms with Crippen molar-refractivity contribution in [2.45, 2.75) is 11.8 Å². The quantitative estimate of drug-likeness (QED) is 0.553. The molecule has 0 bridgehead atoms. The van der Waals surface area contributed by atoms with Crippen LogP contribution in [-0.2, 0) is 10.0 Å². The Morgan fingerprint density at radius 2 is 1.52 bits per heavy atom. The summed E-state index contributed by atoms with van der Waals surface area (Å²) in [5.41, 5.74) is 0.805. The average molecular weight is 391 g/mol. The molecule has 0 aromatic heterocycles. The number of benzene rings is 2. The van der Waals surface area contributed by atoms with Crippen LogP contribution in [-0.4, -0.2) is 53.5 Å². The molecule has 0 saturated carbocycles. The van der Waals surface area contributed by atoms with Crippen LogP contribution in [0.2, 0.25) is 0 Å². The van der Waals surface area contributed by atoms with Crippen molar-refractivity contribution in [3.63, 3.8) is 0 Å². The standard InChI is InChI=1S/C19H25N3O4S/c1-15(21-16-5-7-17(25-3)8-6-16)22(2)14-13-20-27(23,24)19-11-9-18(26-4)10-12-19/h5-12,20H,13-14H2,1-4H3. The Morgan fingerprint density at radius 1 is 1.00 bits per heavy atom. The van der Waals surface area contributed by atoms with Crippen LogP contribution in [0.15, 0.2) is 58.4 Å². The van der Waals surface area contributed by atoms with E-state index in [1.807, 2.05) is 43.1 Å². The normalized spacial score (nSPS) is 11.9. The molecule has 0 aliphatic rings. The fourth-order valence-corrected chi connectivity index (χ4v) is 3.30. The summed E-state index contributed by atoms with van der Waals surface area (Å²) in [6, 6.07) is 13.7. The van der Waals surface area contributed by atoms with Gasteiger partial charge in [0.2, 0.25) is 10.0 Å². The molecule has 0 aliphatic heterocycles. The Morgan fingerprint density at radius 3 is 2.04 bits per heavy atom. The van der Waals surface area contributed by atoms with Gasteiger partial charge in [-0.1, -0.05) is 0 Å². The van der Waals surface area contributed by atoms with Gasteiger partial charge in [0.25, 0.3) is 0 Å². The first-order chi connectivity index (χ1) is 12.9. The van der Waals surface area contributed by atoms with Crippen molar-refractivity contribution in [3.8, 4) is 11.5 Å². The summed E-state index contributed by atoms with van der Waals surface area (Å²) in [4.78, 5) is 6.62. The minimum atomic E-state index is -3.56. The molecule has 0 spiro atoms. The number of aliphatic imine (C=N–C) groups is 1. The van der Waals surface area contributed by atoms with Crippen LogP contribution in [0.3, 0.4) is 0 Å². The number of hydrogen-bond acceptors (Lipinski definition) is 5. The second kappa shape index (κ2) is 9.38. The average Bonchev–Trinajstić information content (AvgIpc) is 2.68. The molecule has 0 atom stereocenters. The van der Waals surface area contributed by atoms with Crippen LogP contribution < -0.4 is 14.2 Å². The lowest BCUT2D eigenvalue weighted by molar-refractivity contribution is 0.414. The molecule has 0 saturated heterocycles. The van der Waals surface area contributed by atoms with Gasteiger partial charge in [0.15, 0.2) is 0 Å². The summed E-state index contributed by atoms with van der Waals surface area (Å²) in [5.74, 6) is 2.16. The van der Waals surface area contributed by atoms with E-state index in [0.717, 1.165) is 17.3 Å². The Bertz CT molecular complexity index is 863. The SMILES string of the molecule is COc1ccc(N=C(C)N(C)CCNS(=O)(=O)c2ccc(OC)cc2)cc1. The fourth-order valence-electron chi connectivity index (χ4n) is 2.28. The number of methoxy groups -OCH3 is 2. The smallest absolute Gasteiger partial charge is 0.240 e. The van der Waals surface area contributed by atoms with Gasteiger partial charge in [-0.15, -0.1) is 0 Å². The van der Waals surface area contributed by atoms with E-state index < -0.39 is 10.0 Å². The molecule has 0 aliphatic carbocycles. The van der Waals surface area contributed by atoms with Gasteiger partial charge in [0.1, 0.15) is 17.3 Å². The van der Waals surface area contributed by atoms with Gasteiger partial charge in [-0.25, -0.2) is 18.1 Å². The van der Waals surface area contributed by atoms with E-state index in [9.17, 15) is 8.42 Å². The van der Waals surface area contributed by atoms with Crippen molar-refractivity contribution in [2.24, 2.45) is 4.99 Å². The highest BCUT2D eigenvalue weighted by Gasteiger charge is 2.14. The number of sulfonamides is 1. The summed E-state index contributed by atoms with van der Waals surface area (Å²) in [5, 5.41) is 0. The molecule has 0 unspecified atom stereocenters. The van der Waals surface area contributed by atoms with Gasteiger partial charge in [-0.05, 0) is 55.5 Å². The van der Waals surface area contributed by atoms with Crippen LogP contribution in [0.5, 0.6) is 11.5 Å². The fraction of sp³-hybridized carbons (Fsp3) is 0.316. The van der Waals surface area contributed by atoms with Crippen molar-refractivity contribution in [1.82, 2.24) is 9.62 Å². The number of rotatable bonds is 8. The molecule has 2 aromatic rings. The maximum atomic E-state index is 12.3. The number of ether oxygens (including phenoxy) is 2. The van der Waals surface area contributed by atoms with E-state index >= 15 is 0 Å². The highest BCUT2D eigenvalue weighted by Crippen LogP contribution is 2.18. The van der Waals surface area contributed by atoms with Crippen LogP contribution in [0.4, 0.5) is 5.69 Å². The van der Waals surface area contributed by atoms with Gasteiger partial charge >= 0.3 is 0 Å². The molecule has 2 aromatic carbocycles. The van der Waals surface area contributed by atoms with E-state index in [4.69, 9.17) is 9.47 Å². The zero-order valence-corrected chi connectivity index (χ0v) is 16.8. The van der Waals surface area contributed by atoms with Crippen LogP contribution in [0, 0.1) is 0 Å². The molecule has 0 heterocycles. The number of nitrogens with one attached hydrogen (secondary N) is 1. The summed E-state index contributed by atoms with van der Waals surface area (Å²) in [6.45, 7) is 2.63. The monoisotopic (exact) mass is 391 g/mol. The maximum absolute atomic E-state index is 12.3. The lowest BCUT2D eigenvalue weighted by Gasteiger charge is -2.19. The highest BCUT2D eigenvalue weighted by atomic mass is 32.2. The van der Waals surface area contributed by atoms with Crippen LogP contribution in [0.25, 0.3) is 0 Å². The largest absolute Gasteiger partial charge is 0.497 e. The summed E-state index contributed by atoms with van der Waals surface area (Å²) in [7, 11) is 1.46. The van der Waals surface area contributed by atoms with Crippen LogP contribution in [0.1, 0.15) is 6.92 Å². The zero-order valence-electron chi connectivity index (χ0n) is 16.0. The summed E-state index contributed by atoms with van der Waals surface area (Å²) >= 11 is 0. The third kappa shape index (κ3) is 5.97. The number of amidine groups is 1. The Kier molecular flexibility index (Phi) is 7.20. The van der Waals surface area contributed by atoms with Crippen LogP contribution >= 0.6 is 0 Å². The molecule has 7 nitrogen and oxygen atoms in total. The lowest BCUT2D eigenvalue weighted by atomic mass is 10.3. The predicted octanol–water partition coefficient (Wildman–Crippen LogP) is 2.66. The molecule has 0 fully saturated rings. The molecule has 0 radical (unpaired) electrons. The Labute approximate surface area is 160 Å². The summed E-state index contributed by atoms with van der Waals surface area (Å²) in [6.07, 6.45) is 0. The molecule has 0 amide bonds. The second-order valence-corrected chi connectivity index (χ2v) is 7.62. The third-order valence-electron chi connectivity index (χ3n) is 4.02. The van der Waals surface area contributed by atoms with E-state index in [2.05, 4.69) is 9.71 Å². The molecule has 27 heavy (non-hydrogen) atoms. The lowest BCUT2D eigenvalue weighted by Crippen LogP contribution is -2.35. The molecular formula is C19H25N3O4S. The number of hydrogen-bond donors (Lipinski definition) is 1. The second-order valence-electron chi connectivity index (χ2n) is 5.85. The predicted molar refractivity (Wildman–Crippen MR) is 107 cm³/mol. The first-order valence-electron chi connectivity index (χ1n) is 8.40. The number of likely N-dealkylation sites (N-methyl/N-ethyl adjacent to an activating group) is 1. The zero-order chi connectivity index (χ0) is 19.9. The van der Waals surface area contributed by atoms with Gasteiger partial charge in [-0.2, -0.15) is 0 Å². The van der Waals surface area contributed by atoms with E-state index in [0.29, 0.717) is 12.3 Å². The molecular weight excluding hydrogens is 366 g/mol. The molecule has 2 rings (SSSR count).